The van der Waals surface area contributed by atoms with Gasteiger partial charge in [0.25, 0.3) is 0 Å². The summed E-state index contributed by atoms with van der Waals surface area (Å²) in [5.41, 5.74) is 0.682. The molecule has 0 radical (unpaired) electrons. The van der Waals surface area contributed by atoms with Crippen molar-refractivity contribution in [1.82, 2.24) is 0 Å². The molecule has 2 rings (SSSR count). The Bertz CT molecular complexity index is 486. The molecule has 0 aliphatic rings. The summed E-state index contributed by atoms with van der Waals surface area (Å²) in [5, 5.41) is 9.39. The summed E-state index contributed by atoms with van der Waals surface area (Å²) in [5.74, 6) is 0.0116. The highest BCUT2D eigenvalue weighted by Crippen LogP contribution is 2.24. The molecule has 0 aliphatic carbocycles. The van der Waals surface area contributed by atoms with Gasteiger partial charge >= 0.3 is 0 Å². The Morgan fingerprint density at radius 2 is 1.88 bits per heavy atom. The van der Waals surface area contributed by atoms with E-state index in [1.54, 1.807) is 31.2 Å². The minimum Gasteiger partial charge on any atom is -0.388 e. The number of thiophene rings is 1. The van der Waals surface area contributed by atoms with E-state index in [0.717, 1.165) is 4.88 Å². The molecule has 0 amide bonds. The molecule has 0 spiro atoms. The lowest BCUT2D eigenvalue weighted by atomic mass is 10.1. The van der Waals surface area contributed by atoms with Gasteiger partial charge in [-0.3, -0.25) is 4.79 Å². The number of rotatable bonds is 3. The Kier molecular flexibility index (Phi) is 3.17. The van der Waals surface area contributed by atoms with Gasteiger partial charge in [0.15, 0.2) is 0 Å². The van der Waals surface area contributed by atoms with E-state index in [9.17, 15) is 9.90 Å². The monoisotopic (exact) mass is 232 g/mol. The third-order valence-corrected chi connectivity index (χ3v) is 3.55. The fourth-order valence-electron chi connectivity index (χ4n) is 1.43. The summed E-state index contributed by atoms with van der Waals surface area (Å²) in [6, 6.07) is 12.7. The fraction of sp³-hybridized carbons (Fsp3) is 0.154. The highest BCUT2D eigenvalue weighted by molar-refractivity contribution is 7.14. The topological polar surface area (TPSA) is 37.3 Å². The molecule has 3 heteroatoms. The predicted octanol–water partition coefficient (Wildman–Crippen LogP) is 3.03. The largest absolute Gasteiger partial charge is 0.388 e. The number of carbonyl (C=O) groups excluding carboxylic acids is 1. The minimum atomic E-state index is -0.512. The van der Waals surface area contributed by atoms with Crippen molar-refractivity contribution in [3.05, 3.63) is 57.8 Å². The molecule has 1 atom stereocenters. The normalized spacial score (nSPS) is 12.4. The number of benzene rings is 1. The molecular weight excluding hydrogens is 220 g/mol. The van der Waals surface area contributed by atoms with Crippen LogP contribution < -0.4 is 0 Å². The first-order valence-electron chi connectivity index (χ1n) is 5.06. The smallest absolute Gasteiger partial charge is 0.202 e. The fourth-order valence-corrected chi connectivity index (χ4v) is 2.34. The number of aliphatic hydroxyl groups is 1. The maximum atomic E-state index is 12.0. The van der Waals surface area contributed by atoms with E-state index in [0.29, 0.717) is 10.4 Å². The Hall–Kier alpha value is -1.45. The number of hydrogen-bond acceptors (Lipinski definition) is 3. The summed E-state index contributed by atoms with van der Waals surface area (Å²) >= 11 is 1.34. The van der Waals surface area contributed by atoms with Gasteiger partial charge in [-0.25, -0.2) is 0 Å². The predicted molar refractivity (Wildman–Crippen MR) is 64.8 cm³/mol. The lowest BCUT2D eigenvalue weighted by molar-refractivity contribution is 0.104. The van der Waals surface area contributed by atoms with Gasteiger partial charge in [0.2, 0.25) is 5.78 Å². The summed E-state index contributed by atoms with van der Waals surface area (Å²) in [7, 11) is 0. The summed E-state index contributed by atoms with van der Waals surface area (Å²) < 4.78 is 0. The maximum absolute atomic E-state index is 12.0. The molecule has 0 fully saturated rings. The SMILES string of the molecule is CC(O)c1ccc(C(=O)c2ccccc2)s1. The van der Waals surface area contributed by atoms with Gasteiger partial charge in [-0.05, 0) is 19.1 Å². The molecule has 1 aromatic carbocycles. The second kappa shape index (κ2) is 4.60. The first-order chi connectivity index (χ1) is 7.68. The zero-order valence-corrected chi connectivity index (χ0v) is 9.70. The Morgan fingerprint density at radius 3 is 2.44 bits per heavy atom. The lowest BCUT2D eigenvalue weighted by Crippen LogP contribution is -1.97. The number of ketones is 1. The van der Waals surface area contributed by atoms with Crippen LogP contribution in [0.1, 0.15) is 33.1 Å². The first kappa shape index (κ1) is 11.0. The third-order valence-electron chi connectivity index (χ3n) is 2.30. The molecule has 1 aromatic heterocycles. The molecule has 0 bridgehead atoms. The van der Waals surface area contributed by atoms with Crippen molar-refractivity contribution in [3.8, 4) is 0 Å². The highest BCUT2D eigenvalue weighted by Gasteiger charge is 2.12. The van der Waals surface area contributed by atoms with Crippen molar-refractivity contribution in [3.63, 3.8) is 0 Å². The molecule has 1 N–H and O–H groups in total. The second-order valence-corrected chi connectivity index (χ2v) is 4.69. The average Bonchev–Trinajstić information content (AvgIpc) is 2.78. The second-order valence-electron chi connectivity index (χ2n) is 3.57. The average molecular weight is 232 g/mol. The van der Waals surface area contributed by atoms with Crippen LogP contribution >= 0.6 is 11.3 Å². The zero-order chi connectivity index (χ0) is 11.5. The molecule has 82 valence electrons. The van der Waals surface area contributed by atoms with E-state index in [4.69, 9.17) is 0 Å². The summed E-state index contributed by atoms with van der Waals surface area (Å²) in [6.45, 7) is 1.70. The number of aliphatic hydroxyl groups excluding tert-OH is 1. The van der Waals surface area contributed by atoms with E-state index < -0.39 is 6.10 Å². The Balaban J connectivity index is 2.28. The van der Waals surface area contributed by atoms with Crippen LogP contribution in [0, 0.1) is 0 Å². The van der Waals surface area contributed by atoms with Crippen LogP contribution in [-0.2, 0) is 0 Å². The van der Waals surface area contributed by atoms with Crippen LogP contribution in [0.15, 0.2) is 42.5 Å². The molecule has 0 saturated heterocycles. The summed E-state index contributed by atoms with van der Waals surface area (Å²) in [6.07, 6.45) is -0.512. The maximum Gasteiger partial charge on any atom is 0.202 e. The first-order valence-corrected chi connectivity index (χ1v) is 5.87. The standard InChI is InChI=1S/C13H12O2S/c1-9(14)11-7-8-12(16-11)13(15)10-5-3-2-4-6-10/h2-9,14H,1H3. The van der Waals surface area contributed by atoms with Crippen molar-refractivity contribution in [2.75, 3.05) is 0 Å². The van der Waals surface area contributed by atoms with Gasteiger partial charge in [0.1, 0.15) is 0 Å². The molecule has 1 heterocycles. The van der Waals surface area contributed by atoms with Crippen molar-refractivity contribution in [2.45, 2.75) is 13.0 Å². The number of hydrogen-bond donors (Lipinski definition) is 1. The molecule has 0 saturated carbocycles. The summed E-state index contributed by atoms with van der Waals surface area (Å²) in [4.78, 5) is 13.5. The van der Waals surface area contributed by atoms with Crippen LogP contribution in [0.4, 0.5) is 0 Å². The molecule has 1 unspecified atom stereocenters. The van der Waals surface area contributed by atoms with Gasteiger partial charge in [-0.2, -0.15) is 0 Å². The molecule has 16 heavy (non-hydrogen) atoms. The molecule has 2 aromatic rings. The van der Waals surface area contributed by atoms with E-state index in [-0.39, 0.29) is 5.78 Å². The van der Waals surface area contributed by atoms with Gasteiger partial charge < -0.3 is 5.11 Å². The third kappa shape index (κ3) is 2.21. The van der Waals surface area contributed by atoms with Gasteiger partial charge in [0, 0.05) is 10.4 Å². The molecule has 2 nitrogen and oxygen atoms in total. The van der Waals surface area contributed by atoms with E-state index in [1.165, 1.54) is 11.3 Å². The lowest BCUT2D eigenvalue weighted by Gasteiger charge is -1.98. The Labute approximate surface area is 98.2 Å². The molecular formula is C13H12O2S. The van der Waals surface area contributed by atoms with Crippen LogP contribution in [-0.4, -0.2) is 10.9 Å². The molecule has 0 aliphatic heterocycles. The highest BCUT2D eigenvalue weighted by atomic mass is 32.1. The zero-order valence-electron chi connectivity index (χ0n) is 8.88. The van der Waals surface area contributed by atoms with Gasteiger partial charge in [-0.1, -0.05) is 30.3 Å². The Morgan fingerprint density at radius 1 is 1.19 bits per heavy atom. The van der Waals surface area contributed by atoms with Gasteiger partial charge in [0.05, 0.1) is 11.0 Å². The van der Waals surface area contributed by atoms with Crippen molar-refractivity contribution in [1.29, 1.82) is 0 Å². The quantitative estimate of drug-likeness (QED) is 0.826. The van der Waals surface area contributed by atoms with Crippen LogP contribution in [0.5, 0.6) is 0 Å². The van der Waals surface area contributed by atoms with Crippen LogP contribution in [0.3, 0.4) is 0 Å². The number of carbonyl (C=O) groups is 1. The van der Waals surface area contributed by atoms with Gasteiger partial charge in [-0.15, -0.1) is 11.3 Å². The van der Waals surface area contributed by atoms with Crippen molar-refractivity contribution < 1.29 is 9.90 Å². The van der Waals surface area contributed by atoms with E-state index >= 15 is 0 Å². The van der Waals surface area contributed by atoms with E-state index in [2.05, 4.69) is 0 Å². The van der Waals surface area contributed by atoms with E-state index in [1.807, 2.05) is 18.2 Å². The van der Waals surface area contributed by atoms with Crippen LogP contribution in [0.2, 0.25) is 0 Å². The van der Waals surface area contributed by atoms with Crippen molar-refractivity contribution >= 4 is 17.1 Å². The van der Waals surface area contributed by atoms with Crippen LogP contribution in [0.25, 0.3) is 0 Å². The minimum absolute atomic E-state index is 0.0116. The van der Waals surface area contributed by atoms with Crippen molar-refractivity contribution in [2.24, 2.45) is 0 Å².